The molecule has 1 atom stereocenters. The Morgan fingerprint density at radius 2 is 2.16 bits per heavy atom. The highest BCUT2D eigenvalue weighted by atomic mass is 16.5. The van der Waals surface area contributed by atoms with Crippen LogP contribution >= 0.6 is 0 Å². The number of likely N-dealkylation sites (tertiary alicyclic amines) is 1. The van der Waals surface area contributed by atoms with Gasteiger partial charge in [0.25, 0.3) is 5.91 Å². The first-order chi connectivity index (χ1) is 12.3. The average Bonchev–Trinajstić information content (AvgIpc) is 2.68. The third-order valence-corrected chi connectivity index (χ3v) is 5.20. The molecule has 2 saturated heterocycles. The van der Waals surface area contributed by atoms with Crippen molar-refractivity contribution in [2.24, 2.45) is 0 Å². The predicted molar refractivity (Wildman–Crippen MR) is 99.0 cm³/mol. The molecule has 25 heavy (non-hydrogen) atoms. The number of piperidine rings is 1. The molecule has 0 saturated carbocycles. The highest BCUT2D eigenvalue weighted by molar-refractivity contribution is 5.93. The fraction of sp³-hybridized carbons (Fsp3) is 0.684. The van der Waals surface area contributed by atoms with Crippen molar-refractivity contribution >= 4 is 11.6 Å². The number of hydrogen-bond donors (Lipinski definition) is 1. The van der Waals surface area contributed by atoms with E-state index in [1.165, 1.54) is 6.42 Å². The summed E-state index contributed by atoms with van der Waals surface area (Å²) in [6.07, 6.45) is 6.18. The maximum Gasteiger partial charge on any atom is 0.272 e. The van der Waals surface area contributed by atoms with Gasteiger partial charge in [0.1, 0.15) is 5.69 Å². The number of hydrogen-bond acceptors (Lipinski definition) is 5. The summed E-state index contributed by atoms with van der Waals surface area (Å²) < 4.78 is 5.37. The Morgan fingerprint density at radius 3 is 2.96 bits per heavy atom. The normalized spacial score (nSPS) is 22.0. The summed E-state index contributed by atoms with van der Waals surface area (Å²) in [6.45, 7) is 8.49. The molecule has 3 rings (SSSR count). The summed E-state index contributed by atoms with van der Waals surface area (Å²) >= 11 is 0. The Hall–Kier alpha value is -1.66. The zero-order valence-electron chi connectivity index (χ0n) is 15.2. The second kappa shape index (κ2) is 9.15. The molecule has 0 spiro atoms. The van der Waals surface area contributed by atoms with Crippen molar-refractivity contribution < 1.29 is 9.53 Å². The van der Waals surface area contributed by atoms with Gasteiger partial charge in [-0.15, -0.1) is 0 Å². The van der Waals surface area contributed by atoms with Crippen molar-refractivity contribution in [2.45, 2.75) is 38.6 Å². The fourth-order valence-electron chi connectivity index (χ4n) is 3.68. The van der Waals surface area contributed by atoms with Crippen LogP contribution in [-0.2, 0) is 4.74 Å². The maximum absolute atomic E-state index is 12.9. The van der Waals surface area contributed by atoms with Gasteiger partial charge in [0, 0.05) is 50.6 Å². The molecule has 6 nitrogen and oxygen atoms in total. The number of aromatic nitrogens is 1. The highest BCUT2D eigenvalue weighted by Crippen LogP contribution is 2.22. The Kier molecular flexibility index (Phi) is 6.64. The Morgan fingerprint density at radius 1 is 1.32 bits per heavy atom. The first-order valence-corrected chi connectivity index (χ1v) is 9.59. The molecule has 2 aliphatic rings. The van der Waals surface area contributed by atoms with Gasteiger partial charge in [0.2, 0.25) is 0 Å². The standard InChI is InChI=1S/C19H30N4O2/c1-2-17-5-3-4-9-23(17)19(24)18-15-16(6-7-21-18)20-8-10-22-11-13-25-14-12-22/h6-7,15,17H,2-5,8-14H2,1H3,(H,20,21). The van der Waals surface area contributed by atoms with Crippen LogP contribution in [-0.4, -0.2) is 72.7 Å². The lowest BCUT2D eigenvalue weighted by atomic mass is 9.99. The number of anilines is 1. The topological polar surface area (TPSA) is 57.7 Å². The van der Waals surface area contributed by atoms with Crippen LogP contribution in [0.1, 0.15) is 43.1 Å². The van der Waals surface area contributed by atoms with Gasteiger partial charge in [-0.05, 0) is 37.8 Å². The molecule has 0 bridgehead atoms. The van der Waals surface area contributed by atoms with Crippen molar-refractivity contribution in [1.29, 1.82) is 0 Å². The minimum absolute atomic E-state index is 0.0726. The molecule has 1 aromatic rings. The molecule has 3 heterocycles. The molecule has 2 fully saturated rings. The van der Waals surface area contributed by atoms with E-state index in [1.807, 2.05) is 17.0 Å². The number of morpholine rings is 1. The summed E-state index contributed by atoms with van der Waals surface area (Å²) in [5.41, 5.74) is 1.52. The van der Waals surface area contributed by atoms with Gasteiger partial charge >= 0.3 is 0 Å². The number of carbonyl (C=O) groups is 1. The van der Waals surface area contributed by atoms with Crippen LogP contribution in [0, 0.1) is 0 Å². The molecule has 138 valence electrons. The van der Waals surface area contributed by atoms with Gasteiger partial charge in [0.15, 0.2) is 0 Å². The van der Waals surface area contributed by atoms with Gasteiger partial charge in [-0.2, -0.15) is 0 Å². The Bertz CT molecular complexity index is 560. The number of pyridine rings is 1. The van der Waals surface area contributed by atoms with Gasteiger partial charge in [-0.25, -0.2) is 0 Å². The number of amides is 1. The SMILES string of the molecule is CCC1CCCCN1C(=O)c1cc(NCCN2CCOCC2)ccn1. The molecule has 1 amide bonds. The van der Waals surface area contributed by atoms with Gasteiger partial charge < -0.3 is 15.0 Å². The van der Waals surface area contributed by atoms with Crippen molar-refractivity contribution in [3.63, 3.8) is 0 Å². The first-order valence-electron chi connectivity index (χ1n) is 9.59. The van der Waals surface area contributed by atoms with E-state index in [0.29, 0.717) is 11.7 Å². The number of carbonyl (C=O) groups excluding carboxylic acids is 1. The fourth-order valence-corrected chi connectivity index (χ4v) is 3.68. The van der Waals surface area contributed by atoms with E-state index < -0.39 is 0 Å². The average molecular weight is 346 g/mol. The Labute approximate surface area is 150 Å². The third kappa shape index (κ3) is 4.92. The zero-order chi connectivity index (χ0) is 17.5. The smallest absolute Gasteiger partial charge is 0.272 e. The Balaban J connectivity index is 1.55. The minimum Gasteiger partial charge on any atom is -0.384 e. The zero-order valence-corrected chi connectivity index (χ0v) is 15.2. The summed E-state index contributed by atoms with van der Waals surface area (Å²) in [7, 11) is 0. The highest BCUT2D eigenvalue weighted by Gasteiger charge is 2.26. The third-order valence-electron chi connectivity index (χ3n) is 5.20. The summed E-state index contributed by atoms with van der Waals surface area (Å²) in [5.74, 6) is 0.0726. The van der Waals surface area contributed by atoms with Gasteiger partial charge in [-0.3, -0.25) is 14.7 Å². The van der Waals surface area contributed by atoms with Crippen LogP contribution in [0.4, 0.5) is 5.69 Å². The second-order valence-corrected chi connectivity index (χ2v) is 6.87. The van der Waals surface area contributed by atoms with Crippen molar-refractivity contribution in [2.75, 3.05) is 51.3 Å². The first kappa shape index (κ1) is 18.1. The molecule has 2 aliphatic heterocycles. The molecule has 0 aromatic carbocycles. The molecule has 6 heteroatoms. The monoisotopic (exact) mass is 346 g/mol. The molecule has 1 N–H and O–H groups in total. The predicted octanol–water partition coefficient (Wildman–Crippen LogP) is 2.23. The second-order valence-electron chi connectivity index (χ2n) is 6.87. The van der Waals surface area contributed by atoms with E-state index in [-0.39, 0.29) is 5.91 Å². The summed E-state index contributed by atoms with van der Waals surface area (Å²) in [4.78, 5) is 21.6. The van der Waals surface area contributed by atoms with Crippen LogP contribution in [0.15, 0.2) is 18.3 Å². The van der Waals surface area contributed by atoms with Crippen LogP contribution in [0.3, 0.4) is 0 Å². The number of nitrogens with one attached hydrogen (secondary N) is 1. The summed E-state index contributed by atoms with van der Waals surface area (Å²) in [5, 5.41) is 3.42. The van der Waals surface area contributed by atoms with Crippen molar-refractivity contribution in [3.05, 3.63) is 24.0 Å². The maximum atomic E-state index is 12.9. The van der Waals surface area contributed by atoms with E-state index in [4.69, 9.17) is 4.74 Å². The van der Waals surface area contributed by atoms with Crippen molar-refractivity contribution in [1.82, 2.24) is 14.8 Å². The molecular weight excluding hydrogens is 316 g/mol. The largest absolute Gasteiger partial charge is 0.384 e. The lowest BCUT2D eigenvalue weighted by Crippen LogP contribution is -2.43. The van der Waals surface area contributed by atoms with E-state index in [2.05, 4.69) is 22.1 Å². The lowest BCUT2D eigenvalue weighted by Gasteiger charge is -2.35. The minimum atomic E-state index is 0.0726. The van der Waals surface area contributed by atoms with Crippen LogP contribution in [0.25, 0.3) is 0 Å². The van der Waals surface area contributed by atoms with Crippen LogP contribution < -0.4 is 5.32 Å². The number of rotatable bonds is 6. The molecule has 0 aliphatic carbocycles. The van der Waals surface area contributed by atoms with E-state index in [9.17, 15) is 4.79 Å². The number of nitrogens with zero attached hydrogens (tertiary/aromatic N) is 3. The van der Waals surface area contributed by atoms with Gasteiger partial charge in [-0.1, -0.05) is 6.92 Å². The molecule has 1 aromatic heterocycles. The molecular formula is C19H30N4O2. The van der Waals surface area contributed by atoms with E-state index in [0.717, 1.165) is 70.9 Å². The van der Waals surface area contributed by atoms with E-state index in [1.54, 1.807) is 6.20 Å². The molecule has 1 unspecified atom stereocenters. The van der Waals surface area contributed by atoms with Crippen LogP contribution in [0.5, 0.6) is 0 Å². The van der Waals surface area contributed by atoms with E-state index >= 15 is 0 Å². The summed E-state index contributed by atoms with van der Waals surface area (Å²) in [6, 6.07) is 4.19. The van der Waals surface area contributed by atoms with Crippen molar-refractivity contribution in [3.8, 4) is 0 Å². The molecule has 0 radical (unpaired) electrons. The van der Waals surface area contributed by atoms with Gasteiger partial charge in [0.05, 0.1) is 13.2 Å². The van der Waals surface area contributed by atoms with Crippen LogP contribution in [0.2, 0.25) is 0 Å². The number of ether oxygens (including phenoxy) is 1. The lowest BCUT2D eigenvalue weighted by molar-refractivity contribution is 0.0398. The quantitative estimate of drug-likeness (QED) is 0.856.